The molecule has 6 nitrogen and oxygen atoms in total. The van der Waals surface area contributed by atoms with Gasteiger partial charge in [-0.05, 0) is 31.9 Å². The quantitative estimate of drug-likeness (QED) is 0.552. The molecule has 1 aromatic heterocycles. The summed E-state index contributed by atoms with van der Waals surface area (Å²) < 4.78 is 26.8. The summed E-state index contributed by atoms with van der Waals surface area (Å²) in [7, 11) is 0. The van der Waals surface area contributed by atoms with Crippen molar-refractivity contribution in [3.05, 3.63) is 29.8 Å². The van der Waals surface area contributed by atoms with E-state index in [1.54, 1.807) is 18.7 Å². The van der Waals surface area contributed by atoms with Crippen molar-refractivity contribution in [1.82, 2.24) is 10.2 Å². The van der Waals surface area contributed by atoms with Crippen LogP contribution in [0.5, 0.6) is 0 Å². The van der Waals surface area contributed by atoms with E-state index in [2.05, 4.69) is 15.5 Å². The van der Waals surface area contributed by atoms with Gasteiger partial charge in [-0.25, -0.2) is 8.78 Å². The Bertz CT molecular complexity index is 857. The third kappa shape index (κ3) is 4.81. The number of amides is 2. The predicted molar refractivity (Wildman–Crippen MR) is 101 cm³/mol. The van der Waals surface area contributed by atoms with Crippen LogP contribution in [0, 0.1) is 11.6 Å². The number of hydrogen-bond donors (Lipinski definition) is 1. The molecule has 0 spiro atoms. The second-order valence-electron chi connectivity index (χ2n) is 6.08. The zero-order chi connectivity index (χ0) is 19.6. The SMILES string of the molecule is CCC(=O)N(c1nnc(S[C@@H](C)C(=O)Nc2ccc(F)c(F)c2)s1)C1CC1. The summed E-state index contributed by atoms with van der Waals surface area (Å²) in [5, 5.41) is 10.7. The maximum Gasteiger partial charge on any atom is 0.237 e. The molecule has 1 fully saturated rings. The molecule has 0 radical (unpaired) electrons. The minimum atomic E-state index is -1.03. The number of nitrogens with one attached hydrogen (secondary N) is 1. The molecule has 1 aromatic carbocycles. The molecule has 27 heavy (non-hydrogen) atoms. The smallest absolute Gasteiger partial charge is 0.237 e. The summed E-state index contributed by atoms with van der Waals surface area (Å²) in [6.07, 6.45) is 2.31. The van der Waals surface area contributed by atoms with Crippen molar-refractivity contribution in [2.75, 3.05) is 10.2 Å². The minimum absolute atomic E-state index is 0.00864. The van der Waals surface area contributed by atoms with Gasteiger partial charge in [0, 0.05) is 24.2 Å². The Hall–Kier alpha value is -2.07. The molecule has 10 heteroatoms. The summed E-state index contributed by atoms with van der Waals surface area (Å²) in [5.74, 6) is -2.36. The van der Waals surface area contributed by atoms with Crippen LogP contribution in [0.25, 0.3) is 0 Å². The Morgan fingerprint density at radius 2 is 2.07 bits per heavy atom. The number of carbonyl (C=O) groups is 2. The first-order valence-electron chi connectivity index (χ1n) is 8.47. The normalized spacial score (nSPS) is 14.7. The molecular weight excluding hydrogens is 394 g/mol. The number of anilines is 2. The van der Waals surface area contributed by atoms with E-state index < -0.39 is 16.9 Å². The lowest BCUT2D eigenvalue weighted by Crippen LogP contribution is -2.32. The number of hydrogen-bond acceptors (Lipinski definition) is 6. The van der Waals surface area contributed by atoms with Crippen molar-refractivity contribution in [1.29, 1.82) is 0 Å². The lowest BCUT2D eigenvalue weighted by atomic mass is 10.3. The Kier molecular flexibility index (Phi) is 6.05. The zero-order valence-electron chi connectivity index (χ0n) is 14.7. The summed E-state index contributed by atoms with van der Waals surface area (Å²) in [5.41, 5.74) is 0.178. The average molecular weight is 412 g/mol. The molecule has 1 aliphatic carbocycles. The van der Waals surface area contributed by atoms with Gasteiger partial charge in [-0.3, -0.25) is 14.5 Å². The van der Waals surface area contributed by atoms with Crippen molar-refractivity contribution in [2.24, 2.45) is 0 Å². The van der Waals surface area contributed by atoms with Gasteiger partial charge in [-0.15, -0.1) is 10.2 Å². The van der Waals surface area contributed by atoms with Gasteiger partial charge in [-0.2, -0.15) is 0 Å². The van der Waals surface area contributed by atoms with Gasteiger partial charge in [0.15, 0.2) is 16.0 Å². The number of carbonyl (C=O) groups excluding carboxylic acids is 2. The number of benzene rings is 1. The fourth-order valence-corrected chi connectivity index (χ4v) is 4.41. The fraction of sp³-hybridized carbons (Fsp3) is 0.412. The third-order valence-corrected chi connectivity index (χ3v) is 6.03. The van der Waals surface area contributed by atoms with Gasteiger partial charge in [0.1, 0.15) is 0 Å². The van der Waals surface area contributed by atoms with E-state index in [-0.39, 0.29) is 23.5 Å². The van der Waals surface area contributed by atoms with Crippen LogP contribution in [0.3, 0.4) is 0 Å². The highest BCUT2D eigenvalue weighted by atomic mass is 32.2. The largest absolute Gasteiger partial charge is 0.325 e. The van der Waals surface area contributed by atoms with Gasteiger partial charge < -0.3 is 5.32 Å². The van der Waals surface area contributed by atoms with Gasteiger partial charge in [0.05, 0.1) is 5.25 Å². The van der Waals surface area contributed by atoms with Crippen LogP contribution in [0.4, 0.5) is 19.6 Å². The summed E-state index contributed by atoms with van der Waals surface area (Å²) in [6, 6.07) is 3.37. The molecule has 2 aromatic rings. The minimum Gasteiger partial charge on any atom is -0.325 e. The van der Waals surface area contributed by atoms with E-state index in [1.807, 2.05) is 0 Å². The molecule has 2 amide bonds. The van der Waals surface area contributed by atoms with Crippen LogP contribution in [-0.2, 0) is 9.59 Å². The molecule has 0 saturated heterocycles. The molecular formula is C17H18F2N4O2S2. The highest BCUT2D eigenvalue weighted by Gasteiger charge is 2.35. The maximum atomic E-state index is 13.2. The molecule has 0 bridgehead atoms. The van der Waals surface area contributed by atoms with Crippen LogP contribution in [0.2, 0.25) is 0 Å². The first-order valence-corrected chi connectivity index (χ1v) is 10.2. The lowest BCUT2D eigenvalue weighted by molar-refractivity contribution is -0.118. The average Bonchev–Trinajstić information content (AvgIpc) is 3.37. The number of thioether (sulfide) groups is 1. The van der Waals surface area contributed by atoms with E-state index in [4.69, 9.17) is 0 Å². The summed E-state index contributed by atoms with van der Waals surface area (Å²) >= 11 is 2.46. The first kappa shape index (κ1) is 19.7. The summed E-state index contributed by atoms with van der Waals surface area (Å²) in [4.78, 5) is 26.1. The van der Waals surface area contributed by atoms with Crippen LogP contribution < -0.4 is 10.2 Å². The van der Waals surface area contributed by atoms with Crippen molar-refractivity contribution in [3.8, 4) is 0 Å². The Morgan fingerprint density at radius 1 is 1.33 bits per heavy atom. The molecule has 1 heterocycles. The zero-order valence-corrected chi connectivity index (χ0v) is 16.4. The van der Waals surface area contributed by atoms with Crippen molar-refractivity contribution >= 4 is 45.7 Å². The Labute approximate surface area is 163 Å². The van der Waals surface area contributed by atoms with Crippen molar-refractivity contribution in [2.45, 2.75) is 48.7 Å². The van der Waals surface area contributed by atoms with Crippen molar-refractivity contribution in [3.63, 3.8) is 0 Å². The van der Waals surface area contributed by atoms with Crippen molar-refractivity contribution < 1.29 is 18.4 Å². The van der Waals surface area contributed by atoms with E-state index >= 15 is 0 Å². The number of nitrogens with zero attached hydrogens (tertiary/aromatic N) is 3. The van der Waals surface area contributed by atoms with E-state index in [1.165, 1.54) is 29.2 Å². The molecule has 1 atom stereocenters. The molecule has 1 saturated carbocycles. The molecule has 0 aliphatic heterocycles. The van der Waals surface area contributed by atoms with Crippen LogP contribution in [0.1, 0.15) is 33.1 Å². The van der Waals surface area contributed by atoms with Gasteiger partial charge in [0.2, 0.25) is 16.9 Å². The molecule has 1 N–H and O–H groups in total. The van der Waals surface area contributed by atoms with E-state index in [0.717, 1.165) is 25.0 Å². The van der Waals surface area contributed by atoms with Crippen LogP contribution in [0.15, 0.2) is 22.5 Å². The van der Waals surface area contributed by atoms with Crippen LogP contribution in [-0.4, -0.2) is 33.3 Å². The highest BCUT2D eigenvalue weighted by Crippen LogP contribution is 2.37. The lowest BCUT2D eigenvalue weighted by Gasteiger charge is -2.17. The Balaban J connectivity index is 1.62. The molecule has 3 rings (SSSR count). The second kappa shape index (κ2) is 8.30. The second-order valence-corrected chi connectivity index (χ2v) is 8.62. The maximum absolute atomic E-state index is 13.2. The first-order chi connectivity index (χ1) is 12.9. The van der Waals surface area contributed by atoms with Gasteiger partial charge >= 0.3 is 0 Å². The van der Waals surface area contributed by atoms with E-state index in [9.17, 15) is 18.4 Å². The standard InChI is InChI=1S/C17H18F2N4O2S2/c1-3-14(24)23(11-5-6-11)16-21-22-17(27-16)26-9(2)15(25)20-10-4-7-12(18)13(19)8-10/h4,7-9,11H,3,5-6H2,1-2H3,(H,20,25)/t9-/m0/s1. The number of halogens is 2. The van der Waals surface area contributed by atoms with Crippen LogP contribution >= 0.6 is 23.1 Å². The predicted octanol–water partition coefficient (Wildman–Crippen LogP) is 3.84. The monoisotopic (exact) mass is 412 g/mol. The topological polar surface area (TPSA) is 75.2 Å². The van der Waals surface area contributed by atoms with Gasteiger partial charge in [-0.1, -0.05) is 30.0 Å². The number of aromatic nitrogens is 2. The highest BCUT2D eigenvalue weighted by molar-refractivity contribution is 8.02. The molecule has 0 unspecified atom stereocenters. The number of rotatable bonds is 7. The molecule has 144 valence electrons. The van der Waals surface area contributed by atoms with Gasteiger partial charge in [0.25, 0.3) is 0 Å². The Morgan fingerprint density at radius 3 is 2.70 bits per heavy atom. The van der Waals surface area contributed by atoms with E-state index in [0.29, 0.717) is 15.9 Å². The fourth-order valence-electron chi connectivity index (χ4n) is 2.34. The molecule has 1 aliphatic rings. The summed E-state index contributed by atoms with van der Waals surface area (Å²) in [6.45, 7) is 3.48. The third-order valence-electron chi connectivity index (χ3n) is 3.92.